The van der Waals surface area contributed by atoms with Crippen molar-refractivity contribution in [3.8, 4) is 5.75 Å². The molecule has 0 unspecified atom stereocenters. The summed E-state index contributed by atoms with van der Waals surface area (Å²) in [4.78, 5) is 22.5. The molecule has 0 fully saturated rings. The predicted octanol–water partition coefficient (Wildman–Crippen LogP) is 3.81. The smallest absolute Gasteiger partial charge is 0.273 e. The number of nitro benzene ring substituents is 1. The second kappa shape index (κ2) is 6.67. The first-order valence-electron chi connectivity index (χ1n) is 6.63. The van der Waals surface area contributed by atoms with E-state index in [1.807, 2.05) is 18.2 Å². The SMILES string of the molecule is COc1cccc(/C=C/C(=O)c2ccc(C)c([N+](=O)[O-])c2)c1. The van der Waals surface area contributed by atoms with Crippen molar-refractivity contribution in [1.29, 1.82) is 0 Å². The summed E-state index contributed by atoms with van der Waals surface area (Å²) in [6, 6.07) is 11.7. The number of nitro groups is 1. The van der Waals surface area contributed by atoms with Gasteiger partial charge in [-0.05, 0) is 30.7 Å². The highest BCUT2D eigenvalue weighted by Crippen LogP contribution is 2.20. The van der Waals surface area contributed by atoms with Crippen molar-refractivity contribution in [3.05, 3.63) is 75.3 Å². The van der Waals surface area contributed by atoms with E-state index < -0.39 is 4.92 Å². The molecule has 0 N–H and O–H groups in total. The first kappa shape index (κ1) is 15.4. The van der Waals surface area contributed by atoms with Crippen LogP contribution < -0.4 is 4.74 Å². The highest BCUT2D eigenvalue weighted by atomic mass is 16.6. The number of carbonyl (C=O) groups is 1. The molecule has 0 bridgehead atoms. The van der Waals surface area contributed by atoms with Crippen LogP contribution in [0, 0.1) is 17.0 Å². The zero-order valence-corrected chi connectivity index (χ0v) is 12.3. The first-order chi connectivity index (χ1) is 10.5. The molecule has 22 heavy (non-hydrogen) atoms. The quantitative estimate of drug-likeness (QED) is 0.364. The monoisotopic (exact) mass is 297 g/mol. The molecule has 0 radical (unpaired) electrons. The summed E-state index contributed by atoms with van der Waals surface area (Å²) >= 11 is 0. The summed E-state index contributed by atoms with van der Waals surface area (Å²) < 4.78 is 5.11. The molecule has 0 aliphatic carbocycles. The number of nitrogens with zero attached hydrogens (tertiary/aromatic N) is 1. The fourth-order valence-corrected chi connectivity index (χ4v) is 1.97. The van der Waals surface area contributed by atoms with Crippen molar-refractivity contribution in [1.82, 2.24) is 0 Å². The molecule has 0 saturated carbocycles. The van der Waals surface area contributed by atoms with Crippen LogP contribution in [0.5, 0.6) is 5.75 Å². The maximum atomic E-state index is 12.1. The van der Waals surface area contributed by atoms with Gasteiger partial charge in [0.25, 0.3) is 5.69 Å². The number of hydrogen-bond acceptors (Lipinski definition) is 4. The van der Waals surface area contributed by atoms with Gasteiger partial charge < -0.3 is 4.74 Å². The maximum absolute atomic E-state index is 12.1. The molecular formula is C17H15NO4. The summed E-state index contributed by atoms with van der Waals surface area (Å²) in [6.07, 6.45) is 3.04. The Labute approximate surface area is 128 Å². The minimum absolute atomic E-state index is 0.0550. The van der Waals surface area contributed by atoms with Gasteiger partial charge >= 0.3 is 0 Å². The van der Waals surface area contributed by atoms with E-state index >= 15 is 0 Å². The van der Waals surface area contributed by atoms with Crippen molar-refractivity contribution >= 4 is 17.5 Å². The number of benzene rings is 2. The van der Waals surface area contributed by atoms with E-state index in [9.17, 15) is 14.9 Å². The van der Waals surface area contributed by atoms with Crippen LogP contribution in [0.3, 0.4) is 0 Å². The van der Waals surface area contributed by atoms with E-state index in [0.29, 0.717) is 11.3 Å². The largest absolute Gasteiger partial charge is 0.497 e. The number of hydrogen-bond donors (Lipinski definition) is 0. The van der Waals surface area contributed by atoms with Gasteiger partial charge in [0.2, 0.25) is 0 Å². The van der Waals surface area contributed by atoms with Crippen molar-refractivity contribution in [2.75, 3.05) is 7.11 Å². The van der Waals surface area contributed by atoms with Crippen LogP contribution in [0.4, 0.5) is 5.69 Å². The molecule has 0 amide bonds. The van der Waals surface area contributed by atoms with Gasteiger partial charge in [-0.2, -0.15) is 0 Å². The molecule has 0 heterocycles. The number of allylic oxidation sites excluding steroid dienone is 1. The molecule has 0 aromatic heterocycles. The second-order valence-corrected chi connectivity index (χ2v) is 4.73. The third kappa shape index (κ3) is 3.58. The molecule has 0 aliphatic heterocycles. The number of methoxy groups -OCH3 is 1. The van der Waals surface area contributed by atoms with E-state index in [1.165, 1.54) is 12.1 Å². The minimum atomic E-state index is -0.488. The average Bonchev–Trinajstić information content (AvgIpc) is 2.53. The Hall–Kier alpha value is -2.95. The van der Waals surface area contributed by atoms with Crippen LogP contribution in [0.25, 0.3) is 6.08 Å². The van der Waals surface area contributed by atoms with Gasteiger partial charge in [0, 0.05) is 17.2 Å². The lowest BCUT2D eigenvalue weighted by molar-refractivity contribution is -0.385. The Kier molecular flexibility index (Phi) is 4.68. The number of ether oxygens (including phenoxy) is 1. The molecule has 0 aliphatic rings. The van der Waals surface area contributed by atoms with Crippen molar-refractivity contribution in [3.63, 3.8) is 0 Å². The summed E-state index contributed by atoms with van der Waals surface area (Å²) in [6.45, 7) is 1.64. The van der Waals surface area contributed by atoms with Gasteiger partial charge in [0.1, 0.15) is 5.75 Å². The number of aryl methyl sites for hydroxylation is 1. The second-order valence-electron chi connectivity index (χ2n) is 4.73. The highest BCUT2D eigenvalue weighted by molar-refractivity contribution is 6.07. The molecule has 5 heteroatoms. The molecule has 112 valence electrons. The van der Waals surface area contributed by atoms with Crippen molar-refractivity contribution < 1.29 is 14.5 Å². The van der Waals surface area contributed by atoms with Crippen LogP contribution >= 0.6 is 0 Å². The molecule has 2 aromatic rings. The topological polar surface area (TPSA) is 69.4 Å². The van der Waals surface area contributed by atoms with E-state index in [0.717, 1.165) is 5.56 Å². The molecule has 2 rings (SSSR count). The molecule has 0 atom stereocenters. The molecule has 0 spiro atoms. The molecular weight excluding hydrogens is 282 g/mol. The summed E-state index contributed by atoms with van der Waals surface area (Å²) in [5.74, 6) is 0.409. The summed E-state index contributed by atoms with van der Waals surface area (Å²) in [5.41, 5.74) is 1.57. The summed E-state index contributed by atoms with van der Waals surface area (Å²) in [7, 11) is 1.57. The van der Waals surface area contributed by atoms with Gasteiger partial charge in [-0.15, -0.1) is 0 Å². The van der Waals surface area contributed by atoms with E-state index in [-0.39, 0.29) is 17.0 Å². The van der Waals surface area contributed by atoms with Gasteiger partial charge in [-0.3, -0.25) is 14.9 Å². The van der Waals surface area contributed by atoms with Gasteiger partial charge in [-0.25, -0.2) is 0 Å². The van der Waals surface area contributed by atoms with E-state index in [2.05, 4.69) is 0 Å². The lowest BCUT2D eigenvalue weighted by Gasteiger charge is -2.01. The first-order valence-corrected chi connectivity index (χ1v) is 6.63. The Morgan fingerprint density at radius 3 is 2.68 bits per heavy atom. The summed E-state index contributed by atoms with van der Waals surface area (Å²) in [5, 5.41) is 10.9. The number of carbonyl (C=O) groups excluding carboxylic acids is 1. The Balaban J connectivity index is 2.23. The molecule has 5 nitrogen and oxygen atoms in total. The fourth-order valence-electron chi connectivity index (χ4n) is 1.97. The van der Waals surface area contributed by atoms with Gasteiger partial charge in [0.15, 0.2) is 5.78 Å². The van der Waals surface area contributed by atoms with Crippen LogP contribution in [0.2, 0.25) is 0 Å². The fraction of sp³-hybridized carbons (Fsp3) is 0.118. The van der Waals surface area contributed by atoms with Crippen LogP contribution in [-0.4, -0.2) is 17.8 Å². The predicted molar refractivity (Wildman–Crippen MR) is 84.2 cm³/mol. The van der Waals surface area contributed by atoms with Crippen LogP contribution in [0.15, 0.2) is 48.5 Å². The van der Waals surface area contributed by atoms with Crippen LogP contribution in [0.1, 0.15) is 21.5 Å². The zero-order valence-electron chi connectivity index (χ0n) is 12.3. The van der Waals surface area contributed by atoms with Gasteiger partial charge in [0.05, 0.1) is 12.0 Å². The Bertz CT molecular complexity index is 750. The number of rotatable bonds is 5. The third-order valence-corrected chi connectivity index (χ3v) is 3.21. The normalized spacial score (nSPS) is 10.6. The van der Waals surface area contributed by atoms with Crippen LogP contribution in [-0.2, 0) is 0 Å². The van der Waals surface area contributed by atoms with Crippen molar-refractivity contribution in [2.45, 2.75) is 6.92 Å². The standard InChI is InChI=1S/C17H15NO4/c1-12-6-8-14(11-16(12)18(20)21)17(19)9-7-13-4-3-5-15(10-13)22-2/h3-11H,1-2H3/b9-7+. The minimum Gasteiger partial charge on any atom is -0.497 e. The Morgan fingerprint density at radius 2 is 2.00 bits per heavy atom. The van der Waals surface area contributed by atoms with E-state index in [1.54, 1.807) is 38.3 Å². The lowest BCUT2D eigenvalue weighted by atomic mass is 10.1. The Morgan fingerprint density at radius 1 is 1.23 bits per heavy atom. The number of ketones is 1. The highest BCUT2D eigenvalue weighted by Gasteiger charge is 2.13. The molecule has 0 saturated heterocycles. The van der Waals surface area contributed by atoms with Crippen molar-refractivity contribution in [2.24, 2.45) is 0 Å². The van der Waals surface area contributed by atoms with Gasteiger partial charge in [-0.1, -0.05) is 30.3 Å². The van der Waals surface area contributed by atoms with E-state index in [4.69, 9.17) is 4.74 Å². The maximum Gasteiger partial charge on any atom is 0.273 e. The average molecular weight is 297 g/mol. The zero-order chi connectivity index (χ0) is 16.1. The lowest BCUT2D eigenvalue weighted by Crippen LogP contribution is -1.98. The third-order valence-electron chi connectivity index (χ3n) is 3.21. The molecule has 2 aromatic carbocycles.